The number of hydrogen-bond donors (Lipinski definition) is 0. The average molecular weight is 417 g/mol. The Kier molecular flexibility index (Phi) is 7.93. The van der Waals surface area contributed by atoms with Crippen LogP contribution in [0.5, 0.6) is 0 Å². The predicted molar refractivity (Wildman–Crippen MR) is 120 cm³/mol. The zero-order valence-corrected chi connectivity index (χ0v) is 18.6. The van der Waals surface area contributed by atoms with Crippen molar-refractivity contribution in [2.45, 2.75) is 70.9 Å². The Bertz CT molecular complexity index is 708. The Hall–Kier alpha value is -1.88. The second kappa shape index (κ2) is 10.4. The summed E-state index contributed by atoms with van der Waals surface area (Å²) in [6.07, 6.45) is 8.55. The quantitative estimate of drug-likeness (QED) is 0.299. The number of rotatable bonds is 10. The lowest BCUT2D eigenvalue weighted by Gasteiger charge is -2.41. The first-order valence-corrected chi connectivity index (χ1v) is 11.5. The Morgan fingerprint density at radius 3 is 2.70 bits per heavy atom. The molecular formula is C25H37FN2O2. The highest BCUT2D eigenvalue weighted by atomic mass is 19.1. The van der Waals surface area contributed by atoms with Crippen LogP contribution in [0.25, 0.3) is 0 Å². The summed E-state index contributed by atoms with van der Waals surface area (Å²) in [4.78, 5) is 17.5. The number of unbranched alkanes of at least 4 members (excludes halogenated alkanes) is 1. The zero-order valence-electron chi connectivity index (χ0n) is 18.6. The highest BCUT2D eigenvalue weighted by Crippen LogP contribution is 2.43. The van der Waals surface area contributed by atoms with Gasteiger partial charge in [0.1, 0.15) is 11.9 Å². The van der Waals surface area contributed by atoms with Crippen molar-refractivity contribution in [3.63, 3.8) is 0 Å². The fraction of sp³-hybridized carbons (Fsp3) is 0.640. The van der Waals surface area contributed by atoms with Gasteiger partial charge >= 0.3 is 5.97 Å². The maximum Gasteiger partial charge on any atom is 0.312 e. The predicted octanol–water partition coefficient (Wildman–Crippen LogP) is 5.18. The van der Waals surface area contributed by atoms with Crippen LogP contribution in [0, 0.1) is 11.2 Å². The SMILES string of the molecule is C=CCCCC1(CCC)C[C@H](CCN2CCN(c3ccc(F)cc3)C[C@H]2C)OC1=O. The first kappa shape index (κ1) is 22.8. The summed E-state index contributed by atoms with van der Waals surface area (Å²) in [6.45, 7) is 12.0. The first-order valence-electron chi connectivity index (χ1n) is 11.5. The van der Waals surface area contributed by atoms with E-state index in [0.717, 1.165) is 76.8 Å². The third kappa shape index (κ3) is 5.42. The van der Waals surface area contributed by atoms with Gasteiger partial charge in [-0.25, -0.2) is 4.39 Å². The maximum absolute atomic E-state index is 13.2. The average Bonchev–Trinajstić information content (AvgIpc) is 3.03. The standard InChI is InChI=1S/C25H37FN2O2/c1-4-6-7-14-25(13-5-2)18-23(30-24(25)29)12-15-27-16-17-28(19-20(27)3)22-10-8-21(26)9-11-22/h4,8-11,20,23H,1,5-7,12-19H2,2-3H3/t20-,23+,25?/m1/s1. The second-order valence-electron chi connectivity index (χ2n) is 9.04. The molecule has 2 saturated heterocycles. The molecule has 3 rings (SSSR count). The molecule has 0 spiro atoms. The van der Waals surface area contributed by atoms with E-state index in [4.69, 9.17) is 4.74 Å². The van der Waals surface area contributed by atoms with Crippen LogP contribution in [-0.4, -0.2) is 49.2 Å². The smallest absolute Gasteiger partial charge is 0.312 e. The number of benzene rings is 1. The minimum atomic E-state index is -0.282. The van der Waals surface area contributed by atoms with E-state index >= 15 is 0 Å². The van der Waals surface area contributed by atoms with Gasteiger partial charge in [0.25, 0.3) is 0 Å². The van der Waals surface area contributed by atoms with Gasteiger partial charge in [0, 0.05) is 44.3 Å². The summed E-state index contributed by atoms with van der Waals surface area (Å²) in [6, 6.07) is 7.18. The maximum atomic E-state index is 13.2. The van der Waals surface area contributed by atoms with Gasteiger partial charge in [-0.3, -0.25) is 9.69 Å². The van der Waals surface area contributed by atoms with Crippen LogP contribution < -0.4 is 4.90 Å². The van der Waals surface area contributed by atoms with Crippen molar-refractivity contribution >= 4 is 11.7 Å². The monoisotopic (exact) mass is 416 g/mol. The van der Waals surface area contributed by atoms with E-state index in [2.05, 4.69) is 30.2 Å². The summed E-state index contributed by atoms with van der Waals surface area (Å²) >= 11 is 0. The molecule has 0 saturated carbocycles. The van der Waals surface area contributed by atoms with Crippen molar-refractivity contribution in [3.05, 3.63) is 42.7 Å². The molecule has 1 unspecified atom stereocenters. The van der Waals surface area contributed by atoms with Crippen LogP contribution in [0.3, 0.4) is 0 Å². The van der Waals surface area contributed by atoms with Gasteiger partial charge in [-0.15, -0.1) is 6.58 Å². The van der Waals surface area contributed by atoms with Crippen molar-refractivity contribution in [2.75, 3.05) is 31.1 Å². The molecular weight excluding hydrogens is 379 g/mol. The molecule has 1 aromatic rings. The minimum Gasteiger partial charge on any atom is -0.462 e. The van der Waals surface area contributed by atoms with Crippen molar-refractivity contribution in [2.24, 2.45) is 5.41 Å². The molecule has 3 atom stereocenters. The molecule has 0 N–H and O–H groups in total. The Morgan fingerprint density at radius 1 is 1.27 bits per heavy atom. The molecule has 0 bridgehead atoms. The molecule has 2 fully saturated rings. The molecule has 1 aromatic carbocycles. The number of piperazine rings is 1. The Labute approximate surface area is 181 Å². The number of nitrogens with zero attached hydrogens (tertiary/aromatic N) is 2. The van der Waals surface area contributed by atoms with E-state index in [-0.39, 0.29) is 23.3 Å². The topological polar surface area (TPSA) is 32.8 Å². The van der Waals surface area contributed by atoms with Gasteiger partial charge in [0.15, 0.2) is 0 Å². The lowest BCUT2D eigenvalue weighted by molar-refractivity contribution is -0.149. The number of carbonyl (C=O) groups excluding carboxylic acids is 1. The lowest BCUT2D eigenvalue weighted by atomic mass is 9.76. The number of esters is 1. The number of ether oxygens (including phenoxy) is 1. The van der Waals surface area contributed by atoms with Gasteiger partial charge in [-0.1, -0.05) is 19.4 Å². The third-order valence-corrected chi connectivity index (χ3v) is 6.81. The van der Waals surface area contributed by atoms with E-state index in [1.165, 1.54) is 12.1 Å². The summed E-state index contributed by atoms with van der Waals surface area (Å²) in [7, 11) is 0. The minimum absolute atomic E-state index is 0.0209. The molecule has 2 aliphatic rings. The summed E-state index contributed by atoms with van der Waals surface area (Å²) < 4.78 is 19.0. The normalized spacial score (nSPS) is 27.3. The van der Waals surface area contributed by atoms with Crippen molar-refractivity contribution in [1.29, 1.82) is 0 Å². The van der Waals surface area contributed by atoms with E-state index in [0.29, 0.717) is 6.04 Å². The van der Waals surface area contributed by atoms with Gasteiger partial charge in [0.05, 0.1) is 5.41 Å². The van der Waals surface area contributed by atoms with Crippen LogP contribution in [0.1, 0.15) is 58.8 Å². The van der Waals surface area contributed by atoms with Crippen molar-refractivity contribution < 1.29 is 13.9 Å². The molecule has 0 amide bonds. The summed E-state index contributed by atoms with van der Waals surface area (Å²) in [5.74, 6) is -0.173. The number of cyclic esters (lactones) is 1. The van der Waals surface area contributed by atoms with Crippen LogP contribution in [-0.2, 0) is 9.53 Å². The highest BCUT2D eigenvalue weighted by molar-refractivity contribution is 5.79. The molecule has 2 aliphatic heterocycles. The number of allylic oxidation sites excluding steroid dienone is 1. The van der Waals surface area contributed by atoms with Crippen molar-refractivity contribution in [3.8, 4) is 0 Å². The first-order chi connectivity index (χ1) is 14.5. The fourth-order valence-electron chi connectivity index (χ4n) is 5.12. The van der Waals surface area contributed by atoms with E-state index in [1.54, 1.807) is 0 Å². The molecule has 2 heterocycles. The van der Waals surface area contributed by atoms with Gasteiger partial charge in [0.2, 0.25) is 0 Å². The molecule has 0 aliphatic carbocycles. The number of anilines is 1. The van der Waals surface area contributed by atoms with Crippen LogP contribution in [0.2, 0.25) is 0 Å². The van der Waals surface area contributed by atoms with Crippen LogP contribution in [0.15, 0.2) is 36.9 Å². The highest BCUT2D eigenvalue weighted by Gasteiger charge is 2.47. The van der Waals surface area contributed by atoms with Crippen LogP contribution in [0.4, 0.5) is 10.1 Å². The van der Waals surface area contributed by atoms with Crippen LogP contribution >= 0.6 is 0 Å². The molecule has 4 nitrogen and oxygen atoms in total. The van der Waals surface area contributed by atoms with Crippen molar-refractivity contribution in [1.82, 2.24) is 4.90 Å². The molecule has 30 heavy (non-hydrogen) atoms. The Morgan fingerprint density at radius 2 is 2.03 bits per heavy atom. The fourth-order valence-corrected chi connectivity index (χ4v) is 5.12. The Balaban J connectivity index is 1.50. The largest absolute Gasteiger partial charge is 0.462 e. The molecule has 0 aromatic heterocycles. The van der Waals surface area contributed by atoms with Gasteiger partial charge < -0.3 is 9.64 Å². The molecule has 0 radical (unpaired) electrons. The van der Waals surface area contributed by atoms with E-state index in [1.807, 2.05) is 18.2 Å². The van der Waals surface area contributed by atoms with Gasteiger partial charge in [-0.05, 0) is 63.3 Å². The lowest BCUT2D eigenvalue weighted by Crippen LogP contribution is -2.52. The number of halogens is 1. The zero-order chi connectivity index (χ0) is 21.6. The number of hydrogen-bond acceptors (Lipinski definition) is 4. The summed E-state index contributed by atoms with van der Waals surface area (Å²) in [5.41, 5.74) is 0.798. The van der Waals surface area contributed by atoms with Gasteiger partial charge in [-0.2, -0.15) is 0 Å². The molecule has 166 valence electrons. The van der Waals surface area contributed by atoms with E-state index < -0.39 is 0 Å². The second-order valence-corrected chi connectivity index (χ2v) is 9.04. The third-order valence-electron chi connectivity index (χ3n) is 6.81. The van der Waals surface area contributed by atoms with E-state index in [9.17, 15) is 9.18 Å². The summed E-state index contributed by atoms with van der Waals surface area (Å²) in [5, 5.41) is 0. The molecule has 5 heteroatoms. The number of carbonyl (C=O) groups is 1.